The lowest BCUT2D eigenvalue weighted by Crippen LogP contribution is -2.72. The van der Waals surface area contributed by atoms with Gasteiger partial charge in [0.25, 0.3) is 0 Å². The van der Waals surface area contributed by atoms with Crippen LogP contribution in [0.25, 0.3) is 0 Å². The number of nitrogens with one attached hydrogen (secondary N) is 1. The smallest absolute Gasteiger partial charge is 0.212 e. The maximum atomic E-state index is 10.2. The molecule has 0 spiro atoms. The molecule has 6 atom stereocenters. The van der Waals surface area contributed by atoms with Crippen molar-refractivity contribution in [2.45, 2.75) is 36.2 Å². The fourth-order valence-electron chi connectivity index (χ4n) is 1.99. The Kier molecular flexibility index (Phi) is 6.05. The summed E-state index contributed by atoms with van der Waals surface area (Å²) in [5, 5.41) is 51.1. The molecule has 19 heavy (non-hydrogen) atoms. The zero-order valence-electron chi connectivity index (χ0n) is 10.5. The number of hydrogen-bond acceptors (Lipinski definition) is 9. The normalized spacial score (nSPS) is 41.2. The van der Waals surface area contributed by atoms with E-state index in [0.29, 0.717) is 13.1 Å². The van der Waals surface area contributed by atoms with Crippen LogP contribution < -0.4 is 16.8 Å². The SMILES string of the molecule is NCCNCC(N)C1(O)OC(CO)C(O)C(O)C1O. The van der Waals surface area contributed by atoms with Crippen LogP contribution in [0.15, 0.2) is 0 Å². The van der Waals surface area contributed by atoms with Gasteiger partial charge in [-0.3, -0.25) is 0 Å². The Morgan fingerprint density at radius 1 is 1.26 bits per heavy atom. The Hall–Kier alpha value is -0.360. The van der Waals surface area contributed by atoms with Crippen molar-refractivity contribution in [2.75, 3.05) is 26.2 Å². The molecule has 0 saturated carbocycles. The minimum Gasteiger partial charge on any atom is -0.394 e. The predicted octanol–water partition coefficient (Wildman–Crippen LogP) is -4.98. The predicted molar refractivity (Wildman–Crippen MR) is 64.8 cm³/mol. The number of rotatable bonds is 6. The topological polar surface area (TPSA) is 174 Å². The van der Waals surface area contributed by atoms with Crippen LogP contribution in [-0.2, 0) is 4.74 Å². The van der Waals surface area contributed by atoms with Crippen LogP contribution in [0.3, 0.4) is 0 Å². The van der Waals surface area contributed by atoms with Crippen molar-refractivity contribution in [2.24, 2.45) is 11.5 Å². The summed E-state index contributed by atoms with van der Waals surface area (Å²) in [6.07, 6.45) is -6.20. The molecule has 0 bridgehead atoms. The quantitative estimate of drug-likeness (QED) is 0.222. The van der Waals surface area contributed by atoms with Crippen molar-refractivity contribution >= 4 is 0 Å². The Morgan fingerprint density at radius 2 is 1.89 bits per heavy atom. The molecule has 1 saturated heterocycles. The molecular formula is C10H23N3O6. The third-order valence-electron chi connectivity index (χ3n) is 3.21. The van der Waals surface area contributed by atoms with Crippen LogP contribution in [-0.4, -0.2) is 88.0 Å². The van der Waals surface area contributed by atoms with Gasteiger partial charge in [0.15, 0.2) is 0 Å². The molecule has 1 heterocycles. The lowest BCUT2D eigenvalue weighted by molar-refractivity contribution is -0.355. The highest BCUT2D eigenvalue weighted by molar-refractivity contribution is 5.01. The van der Waals surface area contributed by atoms with Crippen LogP contribution >= 0.6 is 0 Å². The average Bonchev–Trinajstić information content (AvgIpc) is 2.40. The summed E-state index contributed by atoms with van der Waals surface area (Å²) in [7, 11) is 0. The van der Waals surface area contributed by atoms with Gasteiger partial charge < -0.3 is 47.1 Å². The van der Waals surface area contributed by atoms with Gasteiger partial charge in [0.05, 0.1) is 12.6 Å². The lowest BCUT2D eigenvalue weighted by Gasteiger charge is -2.47. The van der Waals surface area contributed by atoms with Crippen LogP contribution in [0.5, 0.6) is 0 Å². The van der Waals surface area contributed by atoms with E-state index >= 15 is 0 Å². The number of aliphatic hydroxyl groups excluding tert-OH is 4. The maximum absolute atomic E-state index is 10.2. The Labute approximate surface area is 110 Å². The minimum absolute atomic E-state index is 0.0751. The molecular weight excluding hydrogens is 258 g/mol. The summed E-state index contributed by atoms with van der Waals surface area (Å²) >= 11 is 0. The molecule has 0 aromatic carbocycles. The zero-order valence-corrected chi connectivity index (χ0v) is 10.5. The van der Waals surface area contributed by atoms with E-state index in [1.165, 1.54) is 0 Å². The summed E-state index contributed by atoms with van der Waals surface area (Å²) in [6.45, 7) is 0.269. The van der Waals surface area contributed by atoms with Gasteiger partial charge in [0.2, 0.25) is 5.79 Å². The van der Waals surface area contributed by atoms with Gasteiger partial charge in [0, 0.05) is 19.6 Å². The molecule has 1 fully saturated rings. The number of ether oxygens (including phenoxy) is 1. The van der Waals surface area contributed by atoms with E-state index in [4.69, 9.17) is 21.3 Å². The monoisotopic (exact) mass is 281 g/mol. The van der Waals surface area contributed by atoms with Crippen molar-refractivity contribution in [3.8, 4) is 0 Å². The second-order valence-corrected chi connectivity index (χ2v) is 4.62. The molecule has 10 N–H and O–H groups in total. The second kappa shape index (κ2) is 6.88. The second-order valence-electron chi connectivity index (χ2n) is 4.62. The minimum atomic E-state index is -2.27. The van der Waals surface area contributed by atoms with Gasteiger partial charge in [-0.2, -0.15) is 0 Å². The van der Waals surface area contributed by atoms with Gasteiger partial charge in [-0.25, -0.2) is 0 Å². The first kappa shape index (κ1) is 16.7. The first-order valence-electron chi connectivity index (χ1n) is 6.10. The van der Waals surface area contributed by atoms with Crippen LogP contribution in [0, 0.1) is 0 Å². The fourth-order valence-corrected chi connectivity index (χ4v) is 1.99. The van der Waals surface area contributed by atoms with E-state index in [9.17, 15) is 20.4 Å². The van der Waals surface area contributed by atoms with Crippen molar-refractivity contribution in [3.63, 3.8) is 0 Å². The van der Waals surface area contributed by atoms with Gasteiger partial charge >= 0.3 is 0 Å². The molecule has 9 nitrogen and oxygen atoms in total. The maximum Gasteiger partial charge on any atom is 0.212 e. The van der Waals surface area contributed by atoms with Crippen molar-refractivity contribution in [1.29, 1.82) is 0 Å². The summed E-state index contributed by atoms with van der Waals surface area (Å²) in [5.41, 5.74) is 11.0. The lowest BCUT2D eigenvalue weighted by atomic mass is 9.88. The molecule has 0 amide bonds. The Bertz CT molecular complexity index is 282. The van der Waals surface area contributed by atoms with Crippen LogP contribution in [0.4, 0.5) is 0 Å². The van der Waals surface area contributed by atoms with Gasteiger partial charge in [-0.05, 0) is 0 Å². The number of nitrogens with two attached hydrogens (primary N) is 2. The molecule has 0 aliphatic carbocycles. The third-order valence-corrected chi connectivity index (χ3v) is 3.21. The molecule has 1 aliphatic heterocycles. The van der Waals surface area contributed by atoms with E-state index < -0.39 is 42.9 Å². The molecule has 6 unspecified atom stereocenters. The van der Waals surface area contributed by atoms with E-state index in [0.717, 1.165) is 0 Å². The third kappa shape index (κ3) is 3.40. The summed E-state index contributed by atoms with van der Waals surface area (Å²) in [5.74, 6) is -2.27. The zero-order chi connectivity index (χ0) is 14.6. The summed E-state index contributed by atoms with van der Waals surface area (Å²) in [4.78, 5) is 0. The van der Waals surface area contributed by atoms with Crippen molar-refractivity contribution in [3.05, 3.63) is 0 Å². The van der Waals surface area contributed by atoms with Gasteiger partial charge in [-0.1, -0.05) is 0 Å². The number of aliphatic hydroxyl groups is 5. The molecule has 1 aliphatic rings. The van der Waals surface area contributed by atoms with Gasteiger partial charge in [-0.15, -0.1) is 0 Å². The molecule has 0 aromatic heterocycles. The van der Waals surface area contributed by atoms with Crippen LogP contribution in [0.2, 0.25) is 0 Å². The number of hydrogen-bond donors (Lipinski definition) is 8. The molecule has 0 aromatic rings. The van der Waals surface area contributed by atoms with E-state index in [-0.39, 0.29) is 6.54 Å². The highest BCUT2D eigenvalue weighted by atomic mass is 16.7. The molecule has 9 heteroatoms. The van der Waals surface area contributed by atoms with E-state index in [1.807, 2.05) is 0 Å². The molecule has 1 rings (SSSR count). The highest BCUT2D eigenvalue weighted by Gasteiger charge is 2.55. The standard InChI is InChI=1S/C10H23N3O6/c11-1-2-13-3-6(12)10(18)9(17)8(16)7(15)5(4-14)19-10/h5-9,13-18H,1-4,11-12H2. The Balaban J connectivity index is 2.76. The summed E-state index contributed by atoms with van der Waals surface area (Å²) < 4.78 is 5.06. The van der Waals surface area contributed by atoms with Crippen LogP contribution in [0.1, 0.15) is 0 Å². The average molecular weight is 281 g/mol. The highest BCUT2D eigenvalue weighted by Crippen LogP contribution is 2.29. The first-order valence-corrected chi connectivity index (χ1v) is 6.10. The van der Waals surface area contributed by atoms with E-state index in [1.54, 1.807) is 0 Å². The molecule has 114 valence electrons. The van der Waals surface area contributed by atoms with Crippen molar-refractivity contribution < 1.29 is 30.3 Å². The summed E-state index contributed by atoms with van der Waals surface area (Å²) in [6, 6.07) is -1.08. The first-order chi connectivity index (χ1) is 8.88. The van der Waals surface area contributed by atoms with Crippen molar-refractivity contribution in [1.82, 2.24) is 5.32 Å². The largest absolute Gasteiger partial charge is 0.394 e. The Morgan fingerprint density at radius 3 is 2.42 bits per heavy atom. The van der Waals surface area contributed by atoms with E-state index in [2.05, 4.69) is 5.32 Å². The fraction of sp³-hybridized carbons (Fsp3) is 1.00. The molecule has 0 radical (unpaired) electrons. The van der Waals surface area contributed by atoms with Gasteiger partial charge in [0.1, 0.15) is 24.4 Å².